The molecule has 5 nitrogen and oxygen atoms in total. The van der Waals surface area contributed by atoms with Gasteiger partial charge in [-0.3, -0.25) is 0 Å². The van der Waals surface area contributed by atoms with Crippen molar-refractivity contribution in [2.45, 2.75) is 25.3 Å². The molecule has 1 unspecified atom stereocenters. The number of rotatable bonds is 4. The number of nitrogens with two attached hydrogens (primary N) is 1. The van der Waals surface area contributed by atoms with Crippen LogP contribution in [0, 0.1) is 0 Å². The van der Waals surface area contributed by atoms with Gasteiger partial charge in [-0.1, -0.05) is 12.5 Å². The highest BCUT2D eigenvalue weighted by Crippen LogP contribution is 2.18. The number of nitrogens with one attached hydrogen (secondary N) is 2. The maximum atomic E-state index is 10.8. The zero-order chi connectivity index (χ0) is 13.7. The van der Waals surface area contributed by atoms with Crippen molar-refractivity contribution >= 4 is 17.4 Å². The van der Waals surface area contributed by atoms with Gasteiger partial charge in [0.1, 0.15) is 0 Å². The van der Waals surface area contributed by atoms with Crippen LogP contribution >= 0.6 is 0 Å². The second kappa shape index (κ2) is 6.43. The van der Waals surface area contributed by atoms with Crippen molar-refractivity contribution in [3.05, 3.63) is 24.3 Å². The van der Waals surface area contributed by atoms with Gasteiger partial charge < -0.3 is 21.3 Å². The van der Waals surface area contributed by atoms with E-state index in [1.54, 1.807) is 0 Å². The Morgan fingerprint density at radius 2 is 2.21 bits per heavy atom. The Morgan fingerprint density at radius 3 is 2.95 bits per heavy atom. The van der Waals surface area contributed by atoms with E-state index in [0.29, 0.717) is 6.04 Å². The zero-order valence-corrected chi connectivity index (χ0v) is 11.4. The first-order valence-corrected chi connectivity index (χ1v) is 6.76. The van der Waals surface area contributed by atoms with E-state index in [1.165, 1.54) is 25.8 Å². The number of likely N-dealkylation sites (tertiary alicyclic amines) is 1. The number of likely N-dealkylation sites (N-methyl/N-ethyl adjacent to an activating group) is 1. The van der Waals surface area contributed by atoms with Crippen molar-refractivity contribution in [1.29, 1.82) is 0 Å². The molecule has 0 radical (unpaired) electrons. The Bertz CT molecular complexity index is 435. The third-order valence-electron chi connectivity index (χ3n) is 3.59. The summed E-state index contributed by atoms with van der Waals surface area (Å²) < 4.78 is 0. The van der Waals surface area contributed by atoms with Crippen LogP contribution in [0.15, 0.2) is 24.3 Å². The van der Waals surface area contributed by atoms with Crippen LogP contribution in [-0.4, -0.2) is 37.1 Å². The van der Waals surface area contributed by atoms with Crippen molar-refractivity contribution in [2.75, 3.05) is 30.8 Å². The van der Waals surface area contributed by atoms with E-state index in [2.05, 4.69) is 22.6 Å². The molecule has 4 N–H and O–H groups in total. The number of nitrogens with zero attached hydrogens (tertiary/aromatic N) is 1. The molecule has 1 fully saturated rings. The standard InChI is InChI=1S/C14H22N4O/c1-18-8-3-2-7-13(18)10-16-11-5-4-6-12(9-11)17-14(15)19/h4-6,9,13,16H,2-3,7-8,10H2,1H3,(H3,15,17,19). The van der Waals surface area contributed by atoms with Crippen LogP contribution in [0.5, 0.6) is 0 Å². The molecule has 1 aromatic carbocycles. The van der Waals surface area contributed by atoms with E-state index < -0.39 is 6.03 Å². The summed E-state index contributed by atoms with van der Waals surface area (Å²) in [6.45, 7) is 2.10. The predicted molar refractivity (Wildman–Crippen MR) is 78.4 cm³/mol. The number of hydrogen-bond acceptors (Lipinski definition) is 3. The summed E-state index contributed by atoms with van der Waals surface area (Å²) in [5, 5.41) is 6.00. The highest BCUT2D eigenvalue weighted by molar-refractivity contribution is 5.88. The van der Waals surface area contributed by atoms with Gasteiger partial charge in [0.2, 0.25) is 0 Å². The second-order valence-electron chi connectivity index (χ2n) is 5.08. The molecular formula is C14H22N4O. The smallest absolute Gasteiger partial charge is 0.316 e. The third-order valence-corrected chi connectivity index (χ3v) is 3.59. The average Bonchev–Trinajstić information content (AvgIpc) is 2.37. The minimum Gasteiger partial charge on any atom is -0.383 e. The van der Waals surface area contributed by atoms with Crippen LogP contribution < -0.4 is 16.4 Å². The molecule has 1 aliphatic heterocycles. The second-order valence-corrected chi connectivity index (χ2v) is 5.08. The van der Waals surface area contributed by atoms with Gasteiger partial charge in [-0.15, -0.1) is 0 Å². The number of carbonyl (C=O) groups excluding carboxylic acids is 1. The van der Waals surface area contributed by atoms with Crippen LogP contribution in [0.2, 0.25) is 0 Å². The van der Waals surface area contributed by atoms with E-state index in [9.17, 15) is 4.79 Å². The molecule has 2 amide bonds. The van der Waals surface area contributed by atoms with Gasteiger partial charge in [0.25, 0.3) is 0 Å². The fourth-order valence-corrected chi connectivity index (χ4v) is 2.49. The number of anilines is 2. The minimum atomic E-state index is -0.538. The predicted octanol–water partition coefficient (Wildman–Crippen LogP) is 2.07. The van der Waals surface area contributed by atoms with Crippen molar-refractivity contribution in [2.24, 2.45) is 5.73 Å². The summed E-state index contributed by atoms with van der Waals surface area (Å²) in [6.07, 6.45) is 3.84. The summed E-state index contributed by atoms with van der Waals surface area (Å²) in [4.78, 5) is 13.2. The number of amides is 2. The number of primary amides is 1. The van der Waals surface area contributed by atoms with Gasteiger partial charge in [0, 0.05) is 24.0 Å². The average molecular weight is 262 g/mol. The molecule has 1 heterocycles. The van der Waals surface area contributed by atoms with Crippen molar-refractivity contribution in [3.8, 4) is 0 Å². The Kier molecular flexibility index (Phi) is 4.63. The fraction of sp³-hybridized carbons (Fsp3) is 0.500. The number of piperidine rings is 1. The molecule has 19 heavy (non-hydrogen) atoms. The first-order chi connectivity index (χ1) is 9.15. The van der Waals surface area contributed by atoms with Crippen molar-refractivity contribution in [3.63, 3.8) is 0 Å². The molecule has 2 rings (SSSR count). The zero-order valence-electron chi connectivity index (χ0n) is 11.4. The molecule has 1 aromatic rings. The minimum absolute atomic E-state index is 0.538. The van der Waals surface area contributed by atoms with Crippen molar-refractivity contribution in [1.82, 2.24) is 4.90 Å². The maximum absolute atomic E-state index is 10.8. The summed E-state index contributed by atoms with van der Waals surface area (Å²) in [5.41, 5.74) is 6.83. The van der Waals surface area contributed by atoms with Crippen LogP contribution in [0.1, 0.15) is 19.3 Å². The summed E-state index contributed by atoms with van der Waals surface area (Å²) in [6, 6.07) is 7.66. The van der Waals surface area contributed by atoms with E-state index >= 15 is 0 Å². The summed E-state index contributed by atoms with van der Waals surface area (Å²) >= 11 is 0. The maximum Gasteiger partial charge on any atom is 0.316 e. The van der Waals surface area contributed by atoms with Gasteiger partial charge >= 0.3 is 6.03 Å². The van der Waals surface area contributed by atoms with Crippen LogP contribution in [0.3, 0.4) is 0 Å². The van der Waals surface area contributed by atoms with Crippen molar-refractivity contribution < 1.29 is 4.79 Å². The molecule has 0 aliphatic carbocycles. The first-order valence-electron chi connectivity index (χ1n) is 6.76. The van der Waals surface area contributed by atoms with Crippen LogP contribution in [0.25, 0.3) is 0 Å². The normalized spacial score (nSPS) is 19.9. The third kappa shape index (κ3) is 4.13. The molecule has 1 saturated heterocycles. The molecule has 5 heteroatoms. The van der Waals surface area contributed by atoms with E-state index in [1.807, 2.05) is 24.3 Å². The SMILES string of the molecule is CN1CCCCC1CNc1cccc(NC(N)=O)c1. The first kappa shape index (κ1) is 13.7. The molecule has 1 atom stereocenters. The molecular weight excluding hydrogens is 240 g/mol. The highest BCUT2D eigenvalue weighted by atomic mass is 16.2. The Hall–Kier alpha value is -1.75. The molecule has 0 spiro atoms. The Labute approximate surface area is 114 Å². The summed E-state index contributed by atoms with van der Waals surface area (Å²) in [7, 11) is 2.18. The molecule has 1 aliphatic rings. The lowest BCUT2D eigenvalue weighted by molar-refractivity contribution is 0.194. The lowest BCUT2D eigenvalue weighted by Gasteiger charge is -2.32. The number of carbonyl (C=O) groups is 1. The van der Waals surface area contributed by atoms with Gasteiger partial charge in [0.05, 0.1) is 0 Å². The quantitative estimate of drug-likeness (QED) is 0.778. The lowest BCUT2D eigenvalue weighted by atomic mass is 10.0. The molecule has 104 valence electrons. The topological polar surface area (TPSA) is 70.4 Å². The summed E-state index contributed by atoms with van der Waals surface area (Å²) in [5.74, 6) is 0. The lowest BCUT2D eigenvalue weighted by Crippen LogP contribution is -2.40. The number of benzene rings is 1. The number of urea groups is 1. The van der Waals surface area contributed by atoms with E-state index in [-0.39, 0.29) is 0 Å². The van der Waals surface area contributed by atoms with E-state index in [4.69, 9.17) is 5.73 Å². The molecule has 0 aromatic heterocycles. The van der Waals surface area contributed by atoms with Gasteiger partial charge in [-0.05, 0) is 44.6 Å². The van der Waals surface area contributed by atoms with Gasteiger partial charge in [-0.2, -0.15) is 0 Å². The van der Waals surface area contributed by atoms with E-state index in [0.717, 1.165) is 17.9 Å². The largest absolute Gasteiger partial charge is 0.383 e. The molecule has 0 saturated carbocycles. The fourth-order valence-electron chi connectivity index (χ4n) is 2.49. The van der Waals surface area contributed by atoms with Gasteiger partial charge in [-0.25, -0.2) is 4.79 Å². The Balaban J connectivity index is 1.89. The Morgan fingerprint density at radius 1 is 1.42 bits per heavy atom. The van der Waals surface area contributed by atoms with Gasteiger partial charge in [0.15, 0.2) is 0 Å². The molecule has 0 bridgehead atoms. The van der Waals surface area contributed by atoms with Crippen LogP contribution in [-0.2, 0) is 0 Å². The number of hydrogen-bond donors (Lipinski definition) is 3. The monoisotopic (exact) mass is 262 g/mol. The van der Waals surface area contributed by atoms with Crippen LogP contribution in [0.4, 0.5) is 16.2 Å². The highest BCUT2D eigenvalue weighted by Gasteiger charge is 2.18.